The first kappa shape index (κ1) is 12.6. The lowest BCUT2D eigenvalue weighted by Gasteiger charge is -2.26. The molecular weight excluding hydrogens is 210 g/mol. The van der Waals surface area contributed by atoms with Crippen molar-refractivity contribution in [3.63, 3.8) is 0 Å². The van der Waals surface area contributed by atoms with Crippen LogP contribution >= 0.6 is 0 Å². The van der Waals surface area contributed by atoms with E-state index in [1.165, 1.54) is 24.0 Å². The van der Waals surface area contributed by atoms with Crippen molar-refractivity contribution in [2.24, 2.45) is 5.41 Å². The SMILES string of the molecule is CC(C)(CCO)CNC1CCc2ccccc21. The standard InChI is InChI=1S/C15H23NO/c1-15(2,9-10-17)11-16-14-8-7-12-5-3-4-6-13(12)14/h3-6,14,16-17H,7-11H2,1-2H3. The molecular formula is C15H23NO. The van der Waals surface area contributed by atoms with Crippen LogP contribution in [-0.2, 0) is 6.42 Å². The topological polar surface area (TPSA) is 32.3 Å². The Morgan fingerprint density at radius 3 is 2.88 bits per heavy atom. The van der Waals surface area contributed by atoms with Crippen molar-refractivity contribution >= 4 is 0 Å². The maximum atomic E-state index is 9.02. The van der Waals surface area contributed by atoms with Gasteiger partial charge in [0.25, 0.3) is 0 Å². The molecule has 1 aromatic carbocycles. The van der Waals surface area contributed by atoms with Crippen molar-refractivity contribution in [2.75, 3.05) is 13.2 Å². The van der Waals surface area contributed by atoms with Gasteiger partial charge in [0.05, 0.1) is 0 Å². The zero-order valence-electron chi connectivity index (χ0n) is 10.9. The maximum Gasteiger partial charge on any atom is 0.0436 e. The Balaban J connectivity index is 1.94. The van der Waals surface area contributed by atoms with E-state index in [-0.39, 0.29) is 12.0 Å². The van der Waals surface area contributed by atoms with E-state index in [1.54, 1.807) is 0 Å². The summed E-state index contributed by atoms with van der Waals surface area (Å²) in [4.78, 5) is 0. The van der Waals surface area contributed by atoms with Crippen LogP contribution in [-0.4, -0.2) is 18.3 Å². The maximum absolute atomic E-state index is 9.02. The van der Waals surface area contributed by atoms with Crippen LogP contribution in [0.15, 0.2) is 24.3 Å². The molecule has 0 fully saturated rings. The normalized spacial score (nSPS) is 19.4. The number of aliphatic hydroxyl groups excluding tert-OH is 1. The third kappa shape index (κ3) is 3.08. The lowest BCUT2D eigenvalue weighted by atomic mass is 9.89. The van der Waals surface area contributed by atoms with Gasteiger partial charge in [0.15, 0.2) is 0 Å². The van der Waals surface area contributed by atoms with Crippen LogP contribution in [0, 0.1) is 5.41 Å². The summed E-state index contributed by atoms with van der Waals surface area (Å²) in [7, 11) is 0. The zero-order valence-corrected chi connectivity index (χ0v) is 10.9. The molecule has 0 radical (unpaired) electrons. The highest BCUT2D eigenvalue weighted by Crippen LogP contribution is 2.31. The van der Waals surface area contributed by atoms with Crippen molar-refractivity contribution in [1.29, 1.82) is 0 Å². The third-order valence-corrected chi connectivity index (χ3v) is 3.75. The van der Waals surface area contributed by atoms with Gasteiger partial charge >= 0.3 is 0 Å². The molecule has 0 saturated heterocycles. The molecule has 2 N–H and O–H groups in total. The highest BCUT2D eigenvalue weighted by Gasteiger charge is 2.24. The van der Waals surface area contributed by atoms with Gasteiger partial charge in [0, 0.05) is 19.2 Å². The molecule has 1 aliphatic carbocycles. The monoisotopic (exact) mass is 233 g/mol. The van der Waals surface area contributed by atoms with Gasteiger partial charge in [-0.2, -0.15) is 0 Å². The summed E-state index contributed by atoms with van der Waals surface area (Å²) in [5.41, 5.74) is 3.13. The van der Waals surface area contributed by atoms with E-state index in [0.29, 0.717) is 6.04 Å². The van der Waals surface area contributed by atoms with Crippen LogP contribution in [0.25, 0.3) is 0 Å². The molecule has 2 nitrogen and oxygen atoms in total. The molecule has 0 bridgehead atoms. The predicted octanol–water partition coefficient (Wildman–Crippen LogP) is 2.67. The van der Waals surface area contributed by atoms with Gasteiger partial charge in [-0.15, -0.1) is 0 Å². The van der Waals surface area contributed by atoms with Gasteiger partial charge in [-0.25, -0.2) is 0 Å². The van der Waals surface area contributed by atoms with Gasteiger partial charge < -0.3 is 10.4 Å². The molecule has 0 aromatic heterocycles. The molecule has 2 heteroatoms. The Morgan fingerprint density at radius 2 is 2.12 bits per heavy atom. The van der Waals surface area contributed by atoms with Crippen LogP contribution in [0.1, 0.15) is 43.9 Å². The Morgan fingerprint density at radius 1 is 1.35 bits per heavy atom. The molecule has 0 saturated carbocycles. The van der Waals surface area contributed by atoms with Crippen molar-refractivity contribution in [3.8, 4) is 0 Å². The van der Waals surface area contributed by atoms with Crippen LogP contribution in [0.5, 0.6) is 0 Å². The summed E-state index contributed by atoms with van der Waals surface area (Å²) in [6, 6.07) is 9.22. The minimum atomic E-state index is 0.173. The quantitative estimate of drug-likeness (QED) is 0.819. The number of rotatable bonds is 5. The summed E-state index contributed by atoms with van der Waals surface area (Å²) in [6.07, 6.45) is 3.25. The lowest BCUT2D eigenvalue weighted by molar-refractivity contribution is 0.202. The van der Waals surface area contributed by atoms with Crippen molar-refractivity contribution in [2.45, 2.75) is 39.2 Å². The third-order valence-electron chi connectivity index (χ3n) is 3.75. The fraction of sp³-hybridized carbons (Fsp3) is 0.600. The number of hydrogen-bond acceptors (Lipinski definition) is 2. The van der Waals surface area contributed by atoms with Crippen molar-refractivity contribution < 1.29 is 5.11 Å². The van der Waals surface area contributed by atoms with E-state index in [9.17, 15) is 0 Å². The van der Waals surface area contributed by atoms with Crippen LogP contribution in [0.2, 0.25) is 0 Å². The number of nitrogens with one attached hydrogen (secondary N) is 1. The number of benzene rings is 1. The molecule has 1 aliphatic rings. The van der Waals surface area contributed by atoms with Gasteiger partial charge in [0.1, 0.15) is 0 Å². The average Bonchev–Trinajstić information content (AvgIpc) is 2.70. The summed E-state index contributed by atoms with van der Waals surface area (Å²) < 4.78 is 0. The number of aryl methyl sites for hydroxylation is 1. The zero-order chi connectivity index (χ0) is 12.3. The molecule has 2 rings (SSSR count). The first-order chi connectivity index (χ1) is 8.12. The van der Waals surface area contributed by atoms with E-state index in [0.717, 1.165) is 13.0 Å². The average molecular weight is 233 g/mol. The van der Waals surface area contributed by atoms with E-state index < -0.39 is 0 Å². The second-order valence-electron chi connectivity index (χ2n) is 5.81. The molecule has 1 aromatic rings. The molecule has 0 aliphatic heterocycles. The first-order valence-electron chi connectivity index (χ1n) is 6.54. The van der Waals surface area contributed by atoms with Crippen LogP contribution < -0.4 is 5.32 Å². The van der Waals surface area contributed by atoms with E-state index in [1.807, 2.05) is 0 Å². The Hall–Kier alpha value is -0.860. The molecule has 1 unspecified atom stereocenters. The van der Waals surface area contributed by atoms with Gasteiger partial charge in [0.2, 0.25) is 0 Å². The second kappa shape index (κ2) is 5.19. The number of hydrogen-bond donors (Lipinski definition) is 2. The van der Waals surface area contributed by atoms with E-state index in [2.05, 4.69) is 43.4 Å². The molecule has 0 amide bonds. The number of fused-ring (bicyclic) bond motifs is 1. The largest absolute Gasteiger partial charge is 0.396 e. The molecule has 94 valence electrons. The van der Waals surface area contributed by atoms with Crippen LogP contribution in [0.3, 0.4) is 0 Å². The highest BCUT2D eigenvalue weighted by atomic mass is 16.3. The summed E-state index contributed by atoms with van der Waals surface area (Å²) in [5.74, 6) is 0. The second-order valence-corrected chi connectivity index (χ2v) is 5.81. The molecule has 1 atom stereocenters. The van der Waals surface area contributed by atoms with Crippen LogP contribution in [0.4, 0.5) is 0 Å². The minimum absolute atomic E-state index is 0.173. The Bertz CT molecular complexity index is 373. The fourth-order valence-corrected chi connectivity index (χ4v) is 2.56. The van der Waals surface area contributed by atoms with Gasteiger partial charge in [-0.1, -0.05) is 38.1 Å². The minimum Gasteiger partial charge on any atom is -0.396 e. The summed E-state index contributed by atoms with van der Waals surface area (Å²) in [5, 5.41) is 12.7. The Kier molecular flexibility index (Phi) is 3.85. The highest BCUT2D eigenvalue weighted by molar-refractivity contribution is 5.34. The molecule has 0 spiro atoms. The number of aliphatic hydroxyl groups is 1. The predicted molar refractivity (Wildman–Crippen MR) is 71.0 cm³/mol. The van der Waals surface area contributed by atoms with Crippen molar-refractivity contribution in [1.82, 2.24) is 5.32 Å². The fourth-order valence-electron chi connectivity index (χ4n) is 2.56. The smallest absolute Gasteiger partial charge is 0.0436 e. The molecule has 0 heterocycles. The van der Waals surface area contributed by atoms with Crippen molar-refractivity contribution in [3.05, 3.63) is 35.4 Å². The van der Waals surface area contributed by atoms with E-state index in [4.69, 9.17) is 5.11 Å². The lowest BCUT2D eigenvalue weighted by Crippen LogP contribution is -2.32. The summed E-state index contributed by atoms with van der Waals surface area (Å²) in [6.45, 7) is 5.65. The Labute approximate surface area is 104 Å². The van der Waals surface area contributed by atoms with E-state index >= 15 is 0 Å². The van der Waals surface area contributed by atoms with Gasteiger partial charge in [-0.3, -0.25) is 0 Å². The summed E-state index contributed by atoms with van der Waals surface area (Å²) >= 11 is 0. The first-order valence-corrected chi connectivity index (χ1v) is 6.54. The van der Waals surface area contributed by atoms with Gasteiger partial charge in [-0.05, 0) is 35.8 Å². The molecule has 17 heavy (non-hydrogen) atoms.